The van der Waals surface area contributed by atoms with Gasteiger partial charge in [0.1, 0.15) is 12.6 Å². The molecule has 0 aromatic carbocycles. The Balaban J connectivity index is 1.90. The maximum absolute atomic E-state index is 11.9. The predicted octanol–water partition coefficient (Wildman–Crippen LogP) is 1.36. The van der Waals surface area contributed by atoms with Crippen molar-refractivity contribution in [2.75, 3.05) is 13.7 Å². The molecule has 0 saturated carbocycles. The van der Waals surface area contributed by atoms with E-state index in [0.29, 0.717) is 18.7 Å². The summed E-state index contributed by atoms with van der Waals surface area (Å²) in [6.45, 7) is 0.640. The molecule has 6 nitrogen and oxygen atoms in total. The lowest BCUT2D eigenvalue weighted by Crippen LogP contribution is -2.41. The Labute approximate surface area is 111 Å². The van der Waals surface area contributed by atoms with Crippen LogP contribution in [0, 0.1) is 0 Å². The van der Waals surface area contributed by atoms with Crippen molar-refractivity contribution in [3.8, 4) is 0 Å². The summed E-state index contributed by atoms with van der Waals surface area (Å²) in [6.07, 6.45) is 2.53. The number of pyridine rings is 1. The van der Waals surface area contributed by atoms with Crippen LogP contribution in [0.15, 0.2) is 24.4 Å². The lowest BCUT2D eigenvalue weighted by molar-refractivity contribution is -0.149. The first-order chi connectivity index (χ1) is 9.22. The normalized spacial score (nSPS) is 18.2. The number of esters is 1. The Morgan fingerprint density at radius 3 is 3.00 bits per heavy atom. The van der Waals surface area contributed by atoms with Gasteiger partial charge in [-0.25, -0.2) is 9.59 Å². The molecule has 0 N–H and O–H groups in total. The second-order valence-electron chi connectivity index (χ2n) is 4.25. The van der Waals surface area contributed by atoms with Gasteiger partial charge in [-0.3, -0.25) is 9.88 Å². The van der Waals surface area contributed by atoms with E-state index in [4.69, 9.17) is 4.74 Å². The topological polar surface area (TPSA) is 68.7 Å². The minimum absolute atomic E-state index is 0.116. The largest absolute Gasteiger partial charge is 0.458 e. The van der Waals surface area contributed by atoms with Gasteiger partial charge in [0, 0.05) is 12.7 Å². The van der Waals surface area contributed by atoms with Crippen molar-refractivity contribution in [1.82, 2.24) is 9.88 Å². The molecule has 0 bridgehead atoms. The van der Waals surface area contributed by atoms with Gasteiger partial charge in [-0.15, -0.1) is 0 Å². The lowest BCUT2D eigenvalue weighted by atomic mass is 10.2. The van der Waals surface area contributed by atoms with Crippen LogP contribution < -0.4 is 0 Å². The monoisotopic (exact) mass is 264 g/mol. The van der Waals surface area contributed by atoms with Crippen LogP contribution in [0.3, 0.4) is 0 Å². The Hall–Kier alpha value is -2.11. The fraction of sp³-hybridized carbons (Fsp3) is 0.462. The van der Waals surface area contributed by atoms with Crippen LogP contribution in [-0.2, 0) is 20.9 Å². The number of carbonyl (C=O) groups is 2. The zero-order valence-electron chi connectivity index (χ0n) is 10.7. The van der Waals surface area contributed by atoms with Gasteiger partial charge in [0.05, 0.1) is 12.8 Å². The van der Waals surface area contributed by atoms with Gasteiger partial charge in [0.15, 0.2) is 0 Å². The van der Waals surface area contributed by atoms with E-state index in [2.05, 4.69) is 9.72 Å². The smallest absolute Gasteiger partial charge is 0.410 e. The molecule has 0 unspecified atom stereocenters. The number of hydrogen-bond donors (Lipinski definition) is 0. The molecule has 1 aromatic heterocycles. The fourth-order valence-electron chi connectivity index (χ4n) is 2.07. The number of carbonyl (C=O) groups excluding carboxylic acids is 2. The molecule has 1 aliphatic rings. The maximum Gasteiger partial charge on any atom is 0.410 e. The third-order valence-corrected chi connectivity index (χ3v) is 3.02. The van der Waals surface area contributed by atoms with Crippen molar-refractivity contribution < 1.29 is 19.1 Å². The third-order valence-electron chi connectivity index (χ3n) is 3.02. The Morgan fingerprint density at radius 2 is 2.32 bits per heavy atom. The molecule has 102 valence electrons. The minimum Gasteiger partial charge on any atom is -0.458 e. The highest BCUT2D eigenvalue weighted by atomic mass is 16.6. The first-order valence-corrected chi connectivity index (χ1v) is 6.13. The van der Waals surface area contributed by atoms with E-state index in [0.717, 1.165) is 6.42 Å². The minimum atomic E-state index is -0.545. The molecular formula is C13H16N2O4. The van der Waals surface area contributed by atoms with Crippen molar-refractivity contribution in [2.45, 2.75) is 25.5 Å². The van der Waals surface area contributed by atoms with E-state index < -0.39 is 18.1 Å². The van der Waals surface area contributed by atoms with Gasteiger partial charge >= 0.3 is 12.1 Å². The van der Waals surface area contributed by atoms with Gasteiger partial charge in [0.25, 0.3) is 0 Å². The van der Waals surface area contributed by atoms with E-state index in [1.807, 2.05) is 6.07 Å². The van der Waals surface area contributed by atoms with E-state index in [-0.39, 0.29) is 6.61 Å². The van der Waals surface area contributed by atoms with E-state index in [9.17, 15) is 9.59 Å². The molecule has 1 atom stereocenters. The van der Waals surface area contributed by atoms with Crippen molar-refractivity contribution >= 4 is 12.1 Å². The molecule has 19 heavy (non-hydrogen) atoms. The van der Waals surface area contributed by atoms with Crippen molar-refractivity contribution in [3.05, 3.63) is 30.1 Å². The first kappa shape index (κ1) is 13.3. The summed E-state index contributed by atoms with van der Waals surface area (Å²) in [7, 11) is 1.30. The van der Waals surface area contributed by atoms with Crippen molar-refractivity contribution in [3.63, 3.8) is 0 Å². The van der Waals surface area contributed by atoms with Crippen molar-refractivity contribution in [1.29, 1.82) is 0 Å². The second-order valence-corrected chi connectivity index (χ2v) is 4.25. The van der Waals surface area contributed by atoms with Gasteiger partial charge < -0.3 is 9.47 Å². The highest BCUT2D eigenvalue weighted by molar-refractivity contribution is 5.82. The van der Waals surface area contributed by atoms with Crippen LogP contribution in [0.1, 0.15) is 18.5 Å². The molecule has 1 aromatic rings. The number of nitrogens with zero attached hydrogens (tertiary/aromatic N) is 2. The highest BCUT2D eigenvalue weighted by Crippen LogP contribution is 2.19. The summed E-state index contributed by atoms with van der Waals surface area (Å²) in [5.41, 5.74) is 0.679. The number of rotatable bonds is 3. The molecule has 2 rings (SSSR count). The van der Waals surface area contributed by atoms with Crippen LogP contribution in [0.2, 0.25) is 0 Å². The molecule has 1 saturated heterocycles. The van der Waals surface area contributed by atoms with Crippen LogP contribution in [0.4, 0.5) is 4.79 Å². The SMILES string of the molecule is COC(=O)N1CCC[C@@H]1C(=O)OCc1ccccn1. The molecule has 6 heteroatoms. The standard InChI is InChI=1S/C13H16N2O4/c1-18-13(17)15-8-4-6-11(15)12(16)19-9-10-5-2-3-7-14-10/h2-3,5,7,11H,4,6,8-9H2,1H3/t11-/m1/s1. The van der Waals surface area contributed by atoms with Gasteiger partial charge in [-0.1, -0.05) is 6.07 Å². The molecule has 1 amide bonds. The summed E-state index contributed by atoms with van der Waals surface area (Å²) >= 11 is 0. The predicted molar refractivity (Wildman–Crippen MR) is 66.2 cm³/mol. The molecule has 2 heterocycles. The fourth-order valence-corrected chi connectivity index (χ4v) is 2.07. The van der Waals surface area contributed by atoms with Gasteiger partial charge in [-0.05, 0) is 25.0 Å². The Bertz CT molecular complexity index is 449. The van der Waals surface area contributed by atoms with Gasteiger partial charge in [-0.2, -0.15) is 0 Å². The van der Waals surface area contributed by atoms with Gasteiger partial charge in [0.2, 0.25) is 0 Å². The number of methoxy groups -OCH3 is 1. The van der Waals surface area contributed by atoms with Crippen LogP contribution in [0.5, 0.6) is 0 Å². The zero-order valence-corrected chi connectivity index (χ0v) is 10.7. The number of amides is 1. The van der Waals surface area contributed by atoms with Crippen molar-refractivity contribution in [2.24, 2.45) is 0 Å². The lowest BCUT2D eigenvalue weighted by Gasteiger charge is -2.21. The summed E-state index contributed by atoms with van der Waals surface area (Å²) in [5, 5.41) is 0. The Kier molecular flexibility index (Phi) is 4.33. The summed E-state index contributed by atoms with van der Waals surface area (Å²) in [4.78, 5) is 28.9. The average Bonchev–Trinajstić information content (AvgIpc) is 2.94. The molecule has 1 fully saturated rings. The van der Waals surface area contributed by atoms with Crippen LogP contribution in [0.25, 0.3) is 0 Å². The third kappa shape index (κ3) is 3.21. The summed E-state index contributed by atoms with van der Waals surface area (Å²) in [6, 6.07) is 4.85. The maximum atomic E-state index is 11.9. The molecule has 0 spiro atoms. The second kappa shape index (κ2) is 6.17. The zero-order chi connectivity index (χ0) is 13.7. The molecular weight excluding hydrogens is 248 g/mol. The van der Waals surface area contributed by atoms with Crippen LogP contribution in [-0.4, -0.2) is 41.6 Å². The van der Waals surface area contributed by atoms with Crippen LogP contribution >= 0.6 is 0 Å². The number of ether oxygens (including phenoxy) is 2. The first-order valence-electron chi connectivity index (χ1n) is 6.13. The molecule has 0 radical (unpaired) electrons. The van der Waals surface area contributed by atoms with E-state index >= 15 is 0 Å². The Morgan fingerprint density at radius 1 is 1.47 bits per heavy atom. The highest BCUT2D eigenvalue weighted by Gasteiger charge is 2.35. The molecule has 0 aliphatic carbocycles. The number of likely N-dealkylation sites (tertiary alicyclic amines) is 1. The number of hydrogen-bond acceptors (Lipinski definition) is 5. The number of aromatic nitrogens is 1. The molecule has 1 aliphatic heterocycles. The summed E-state index contributed by atoms with van der Waals surface area (Å²) < 4.78 is 9.83. The van der Waals surface area contributed by atoms with E-state index in [1.54, 1.807) is 18.3 Å². The summed E-state index contributed by atoms with van der Waals surface area (Å²) in [5.74, 6) is -0.409. The quantitative estimate of drug-likeness (QED) is 0.771. The average molecular weight is 264 g/mol. The van der Waals surface area contributed by atoms with E-state index in [1.165, 1.54) is 12.0 Å².